The van der Waals surface area contributed by atoms with Crippen LogP contribution in [0.2, 0.25) is 0 Å². The van der Waals surface area contributed by atoms with E-state index in [0.29, 0.717) is 6.42 Å². The third-order valence-electron chi connectivity index (χ3n) is 1.67. The molecule has 1 aromatic rings. The summed E-state index contributed by atoms with van der Waals surface area (Å²) >= 11 is 0. The number of rotatable bonds is 2. The van der Waals surface area contributed by atoms with Gasteiger partial charge in [0.1, 0.15) is 5.54 Å². The molecule has 1 rings (SSSR count). The summed E-state index contributed by atoms with van der Waals surface area (Å²) in [6.45, 7) is 1.74. The maximum Gasteiger partial charge on any atom is 0.105 e. The van der Waals surface area contributed by atoms with Crippen LogP contribution < -0.4 is 5.73 Å². The fraction of sp³-hybridized carbons (Fsp3) is 0.300. The van der Waals surface area contributed by atoms with Gasteiger partial charge >= 0.3 is 0 Å². The van der Waals surface area contributed by atoms with Crippen molar-refractivity contribution in [2.45, 2.75) is 18.9 Å². The molecular formula is C10H12N2. The van der Waals surface area contributed by atoms with Gasteiger partial charge in [-0.25, -0.2) is 0 Å². The Kier molecular flexibility index (Phi) is 2.47. The molecule has 0 heterocycles. The van der Waals surface area contributed by atoms with Crippen molar-refractivity contribution in [1.29, 1.82) is 5.26 Å². The van der Waals surface area contributed by atoms with Gasteiger partial charge < -0.3 is 5.73 Å². The molecule has 0 spiro atoms. The highest BCUT2D eigenvalue weighted by Gasteiger charge is 2.16. The SMILES string of the molecule is CC(N)(C#N)Cc1ccccc1. The van der Waals surface area contributed by atoms with Crippen molar-refractivity contribution in [3.05, 3.63) is 35.9 Å². The lowest BCUT2D eigenvalue weighted by molar-refractivity contribution is 0.596. The largest absolute Gasteiger partial charge is 0.313 e. The second kappa shape index (κ2) is 3.38. The van der Waals surface area contributed by atoms with Crippen molar-refractivity contribution in [1.82, 2.24) is 0 Å². The van der Waals surface area contributed by atoms with Crippen LogP contribution in [0.3, 0.4) is 0 Å². The molecule has 1 atom stereocenters. The molecule has 2 heteroatoms. The van der Waals surface area contributed by atoms with Crippen LogP contribution in [-0.4, -0.2) is 5.54 Å². The van der Waals surface area contributed by atoms with Crippen molar-refractivity contribution in [3.8, 4) is 6.07 Å². The first-order chi connectivity index (χ1) is 5.64. The Morgan fingerprint density at radius 1 is 1.42 bits per heavy atom. The van der Waals surface area contributed by atoms with E-state index >= 15 is 0 Å². The lowest BCUT2D eigenvalue weighted by Crippen LogP contribution is -2.36. The lowest BCUT2D eigenvalue weighted by Gasteiger charge is -2.14. The first-order valence-electron chi connectivity index (χ1n) is 3.88. The summed E-state index contributed by atoms with van der Waals surface area (Å²) in [6, 6.07) is 11.9. The number of hydrogen-bond acceptors (Lipinski definition) is 2. The van der Waals surface area contributed by atoms with Crippen LogP contribution in [0.15, 0.2) is 30.3 Å². The minimum atomic E-state index is -0.749. The minimum Gasteiger partial charge on any atom is -0.313 e. The Balaban J connectivity index is 2.72. The van der Waals surface area contributed by atoms with Gasteiger partial charge in [0, 0.05) is 6.42 Å². The summed E-state index contributed by atoms with van der Waals surface area (Å²) in [7, 11) is 0. The predicted molar refractivity (Wildman–Crippen MR) is 48.4 cm³/mol. The minimum absolute atomic E-state index is 0.602. The third-order valence-corrected chi connectivity index (χ3v) is 1.67. The molecule has 0 saturated carbocycles. The lowest BCUT2D eigenvalue weighted by atomic mass is 9.96. The Labute approximate surface area is 72.6 Å². The standard InChI is InChI=1S/C10H12N2/c1-10(12,8-11)7-9-5-3-2-4-6-9/h2-6H,7,12H2,1H3. The summed E-state index contributed by atoms with van der Waals surface area (Å²) in [4.78, 5) is 0. The fourth-order valence-corrected chi connectivity index (χ4v) is 1.06. The normalized spacial score (nSPS) is 14.8. The van der Waals surface area contributed by atoms with Crippen LogP contribution >= 0.6 is 0 Å². The smallest absolute Gasteiger partial charge is 0.105 e. The predicted octanol–water partition coefficient (Wildman–Crippen LogP) is 1.47. The van der Waals surface area contributed by atoms with Crippen molar-refractivity contribution in [2.75, 3.05) is 0 Å². The second-order valence-electron chi connectivity index (χ2n) is 3.19. The van der Waals surface area contributed by atoms with Gasteiger partial charge in [-0.2, -0.15) is 5.26 Å². The molecule has 0 aliphatic rings. The summed E-state index contributed by atoms with van der Waals surface area (Å²) in [5.74, 6) is 0. The zero-order valence-electron chi connectivity index (χ0n) is 7.12. The molecule has 2 nitrogen and oxygen atoms in total. The van der Waals surface area contributed by atoms with E-state index in [1.165, 1.54) is 0 Å². The molecule has 62 valence electrons. The van der Waals surface area contributed by atoms with E-state index in [1.807, 2.05) is 30.3 Å². The molecule has 0 aliphatic heterocycles. The number of benzene rings is 1. The number of nitrogens with zero attached hydrogens (tertiary/aromatic N) is 1. The maximum atomic E-state index is 8.68. The Bertz CT molecular complexity index is 282. The van der Waals surface area contributed by atoms with Crippen molar-refractivity contribution in [3.63, 3.8) is 0 Å². The van der Waals surface area contributed by atoms with E-state index in [-0.39, 0.29) is 0 Å². The van der Waals surface area contributed by atoms with Crippen LogP contribution in [-0.2, 0) is 6.42 Å². The molecular weight excluding hydrogens is 148 g/mol. The van der Waals surface area contributed by atoms with E-state index in [0.717, 1.165) is 5.56 Å². The quantitative estimate of drug-likeness (QED) is 0.712. The summed E-state index contributed by atoms with van der Waals surface area (Å²) < 4.78 is 0. The maximum absolute atomic E-state index is 8.68. The Morgan fingerprint density at radius 3 is 2.50 bits per heavy atom. The van der Waals surface area contributed by atoms with Gasteiger partial charge in [-0.3, -0.25) is 0 Å². The highest BCUT2D eigenvalue weighted by Crippen LogP contribution is 2.08. The Hall–Kier alpha value is -1.33. The molecule has 0 bridgehead atoms. The molecule has 1 unspecified atom stereocenters. The zero-order valence-corrected chi connectivity index (χ0v) is 7.12. The molecule has 0 radical (unpaired) electrons. The summed E-state index contributed by atoms with van der Waals surface area (Å²) in [5, 5.41) is 8.68. The van der Waals surface area contributed by atoms with Gasteiger partial charge in [0.15, 0.2) is 0 Å². The molecule has 0 aromatic heterocycles. The van der Waals surface area contributed by atoms with E-state index < -0.39 is 5.54 Å². The molecule has 0 amide bonds. The van der Waals surface area contributed by atoms with Gasteiger partial charge in [0.2, 0.25) is 0 Å². The molecule has 0 aliphatic carbocycles. The van der Waals surface area contributed by atoms with E-state index in [2.05, 4.69) is 6.07 Å². The molecule has 0 saturated heterocycles. The number of hydrogen-bond donors (Lipinski definition) is 1. The monoisotopic (exact) mass is 160 g/mol. The molecule has 2 N–H and O–H groups in total. The average Bonchev–Trinajstić information content (AvgIpc) is 2.06. The van der Waals surface area contributed by atoms with Gasteiger partial charge in [-0.1, -0.05) is 30.3 Å². The zero-order chi connectivity index (χ0) is 9.03. The topological polar surface area (TPSA) is 49.8 Å². The molecule has 1 aromatic carbocycles. The van der Waals surface area contributed by atoms with Gasteiger partial charge in [0.25, 0.3) is 0 Å². The van der Waals surface area contributed by atoms with Crippen LogP contribution in [0.5, 0.6) is 0 Å². The van der Waals surface area contributed by atoms with Crippen molar-refractivity contribution >= 4 is 0 Å². The van der Waals surface area contributed by atoms with Crippen molar-refractivity contribution in [2.24, 2.45) is 5.73 Å². The average molecular weight is 160 g/mol. The second-order valence-corrected chi connectivity index (χ2v) is 3.19. The number of nitrogens with two attached hydrogens (primary N) is 1. The van der Waals surface area contributed by atoms with Crippen LogP contribution in [0, 0.1) is 11.3 Å². The van der Waals surface area contributed by atoms with Crippen LogP contribution in [0.25, 0.3) is 0 Å². The highest BCUT2D eigenvalue weighted by atomic mass is 14.7. The Morgan fingerprint density at radius 2 is 2.00 bits per heavy atom. The third kappa shape index (κ3) is 2.37. The van der Waals surface area contributed by atoms with Crippen molar-refractivity contribution < 1.29 is 0 Å². The van der Waals surface area contributed by atoms with Gasteiger partial charge in [-0.15, -0.1) is 0 Å². The fourth-order valence-electron chi connectivity index (χ4n) is 1.06. The van der Waals surface area contributed by atoms with E-state index in [1.54, 1.807) is 6.92 Å². The van der Waals surface area contributed by atoms with E-state index in [9.17, 15) is 0 Å². The first-order valence-corrected chi connectivity index (χ1v) is 3.88. The summed E-state index contributed by atoms with van der Waals surface area (Å²) in [5.41, 5.74) is 6.04. The van der Waals surface area contributed by atoms with E-state index in [4.69, 9.17) is 11.0 Å². The van der Waals surface area contributed by atoms with Gasteiger partial charge in [0.05, 0.1) is 6.07 Å². The van der Waals surface area contributed by atoms with Crippen LogP contribution in [0.1, 0.15) is 12.5 Å². The summed E-state index contributed by atoms with van der Waals surface area (Å²) in [6.07, 6.45) is 0.602. The van der Waals surface area contributed by atoms with Gasteiger partial charge in [-0.05, 0) is 12.5 Å². The van der Waals surface area contributed by atoms with Crippen LogP contribution in [0.4, 0.5) is 0 Å². The highest BCUT2D eigenvalue weighted by molar-refractivity contribution is 5.20. The molecule has 0 fully saturated rings. The molecule has 12 heavy (non-hydrogen) atoms. The first kappa shape index (κ1) is 8.76. The number of nitriles is 1.